The van der Waals surface area contributed by atoms with Gasteiger partial charge in [-0.25, -0.2) is 14.4 Å². The van der Waals surface area contributed by atoms with Gasteiger partial charge in [0.25, 0.3) is 5.56 Å². The summed E-state index contributed by atoms with van der Waals surface area (Å²) in [4.78, 5) is 27.3. The van der Waals surface area contributed by atoms with Crippen molar-refractivity contribution >= 4 is 11.2 Å². The zero-order valence-electron chi connectivity index (χ0n) is 16.3. The van der Waals surface area contributed by atoms with Gasteiger partial charge < -0.3 is 4.98 Å². The molecule has 31 heavy (non-hydrogen) atoms. The summed E-state index contributed by atoms with van der Waals surface area (Å²) < 4.78 is 54.6. The highest BCUT2D eigenvalue weighted by Gasteiger charge is 2.32. The Morgan fingerprint density at radius 3 is 2.74 bits per heavy atom. The molecule has 4 aromatic rings. The molecule has 8 nitrogen and oxygen atoms in total. The first-order chi connectivity index (χ1) is 14.8. The van der Waals surface area contributed by atoms with Crippen LogP contribution in [0.4, 0.5) is 17.6 Å². The molecule has 4 heterocycles. The van der Waals surface area contributed by atoms with E-state index in [9.17, 15) is 22.4 Å². The van der Waals surface area contributed by atoms with Gasteiger partial charge in [-0.3, -0.25) is 19.0 Å². The van der Waals surface area contributed by atoms with Crippen molar-refractivity contribution < 1.29 is 17.6 Å². The Labute approximate surface area is 172 Å². The minimum absolute atomic E-state index is 0.00579. The maximum absolute atomic E-state index is 13.3. The molecule has 162 valence electrons. The molecule has 0 unspecified atom stereocenters. The fraction of sp³-hybridized carbons (Fsp3) is 0.316. The van der Waals surface area contributed by atoms with Crippen LogP contribution in [0.1, 0.15) is 30.4 Å². The lowest BCUT2D eigenvalue weighted by atomic mass is 10.2. The standard InChI is InChI=1S/C19H17F4N7O/c1-2-5-30-14(7-20)26-17-15(18(30)31)27-16(28-17)12-8-25-29(10-12)9-11-3-4-24-13(6-11)19(21,22)23/h3-4,6,8,10H,2,5,7,9H2,1H3,(H,27,28). The summed E-state index contributed by atoms with van der Waals surface area (Å²) in [6, 6.07) is 2.43. The molecule has 0 aromatic carbocycles. The first kappa shape index (κ1) is 20.7. The summed E-state index contributed by atoms with van der Waals surface area (Å²) >= 11 is 0. The Kier molecular flexibility index (Phi) is 5.29. The van der Waals surface area contributed by atoms with E-state index in [0.717, 1.165) is 12.3 Å². The average molecular weight is 435 g/mol. The van der Waals surface area contributed by atoms with Crippen LogP contribution in [-0.4, -0.2) is 34.3 Å². The van der Waals surface area contributed by atoms with E-state index in [1.54, 1.807) is 6.20 Å². The number of rotatable bonds is 6. The zero-order chi connectivity index (χ0) is 22.2. The van der Waals surface area contributed by atoms with E-state index >= 15 is 0 Å². The van der Waals surface area contributed by atoms with Crippen molar-refractivity contribution in [2.75, 3.05) is 0 Å². The van der Waals surface area contributed by atoms with Crippen LogP contribution in [0.25, 0.3) is 22.6 Å². The van der Waals surface area contributed by atoms with Crippen molar-refractivity contribution in [2.24, 2.45) is 0 Å². The molecule has 0 aliphatic carbocycles. The van der Waals surface area contributed by atoms with E-state index in [0.29, 0.717) is 29.9 Å². The normalized spacial score (nSPS) is 12.0. The predicted octanol–water partition coefficient (Wildman–Crippen LogP) is 3.32. The Morgan fingerprint density at radius 2 is 2.03 bits per heavy atom. The summed E-state index contributed by atoms with van der Waals surface area (Å²) in [5.41, 5.74) is -0.270. The molecule has 0 spiro atoms. The van der Waals surface area contributed by atoms with E-state index in [-0.39, 0.29) is 23.5 Å². The summed E-state index contributed by atoms with van der Waals surface area (Å²) in [5.74, 6) is 0.307. The summed E-state index contributed by atoms with van der Waals surface area (Å²) in [7, 11) is 0. The van der Waals surface area contributed by atoms with Gasteiger partial charge >= 0.3 is 6.18 Å². The number of H-pyrrole nitrogens is 1. The molecular formula is C19H17F4N7O. The van der Waals surface area contributed by atoms with Gasteiger partial charge in [0.2, 0.25) is 0 Å². The lowest BCUT2D eigenvalue weighted by molar-refractivity contribution is -0.141. The molecule has 0 aliphatic rings. The molecule has 0 fully saturated rings. The summed E-state index contributed by atoms with van der Waals surface area (Å²) in [5, 5.41) is 4.14. The smallest absolute Gasteiger partial charge is 0.332 e. The van der Waals surface area contributed by atoms with Gasteiger partial charge in [0, 0.05) is 18.9 Å². The molecule has 1 N–H and O–H groups in total. The van der Waals surface area contributed by atoms with E-state index in [2.05, 4.69) is 25.0 Å². The number of nitrogens with one attached hydrogen (secondary N) is 1. The second-order valence-electron chi connectivity index (χ2n) is 6.88. The van der Waals surface area contributed by atoms with Crippen LogP contribution in [0.3, 0.4) is 0 Å². The van der Waals surface area contributed by atoms with Gasteiger partial charge in [-0.2, -0.15) is 18.3 Å². The Hall–Kier alpha value is -3.57. The highest BCUT2D eigenvalue weighted by atomic mass is 19.4. The number of fused-ring (bicyclic) bond motifs is 1. The number of aromatic nitrogens is 7. The summed E-state index contributed by atoms with van der Waals surface area (Å²) in [6.45, 7) is 1.39. The highest BCUT2D eigenvalue weighted by molar-refractivity contribution is 5.74. The first-order valence-corrected chi connectivity index (χ1v) is 9.40. The van der Waals surface area contributed by atoms with Crippen molar-refractivity contribution in [1.82, 2.24) is 34.3 Å². The second kappa shape index (κ2) is 7.93. The number of pyridine rings is 1. The molecule has 12 heteroatoms. The number of nitrogens with zero attached hydrogens (tertiary/aromatic N) is 6. The molecule has 0 saturated heterocycles. The third kappa shape index (κ3) is 4.05. The quantitative estimate of drug-likeness (QED) is 0.469. The number of hydrogen-bond donors (Lipinski definition) is 1. The first-order valence-electron chi connectivity index (χ1n) is 9.40. The van der Waals surface area contributed by atoms with Crippen molar-refractivity contribution in [3.63, 3.8) is 0 Å². The molecule has 0 atom stereocenters. The number of halogens is 4. The highest BCUT2D eigenvalue weighted by Crippen LogP contribution is 2.28. The lowest BCUT2D eigenvalue weighted by Gasteiger charge is -2.07. The minimum Gasteiger partial charge on any atom is -0.332 e. The van der Waals surface area contributed by atoms with Gasteiger partial charge in [-0.15, -0.1) is 0 Å². The fourth-order valence-electron chi connectivity index (χ4n) is 3.21. The summed E-state index contributed by atoms with van der Waals surface area (Å²) in [6.07, 6.45) is 0.238. The number of imidazole rings is 1. The third-order valence-corrected chi connectivity index (χ3v) is 4.62. The van der Waals surface area contributed by atoms with Crippen molar-refractivity contribution in [3.05, 3.63) is 58.2 Å². The number of alkyl halides is 4. The van der Waals surface area contributed by atoms with Crippen LogP contribution >= 0.6 is 0 Å². The average Bonchev–Trinajstić information content (AvgIpc) is 3.36. The third-order valence-electron chi connectivity index (χ3n) is 4.62. The lowest BCUT2D eigenvalue weighted by Crippen LogP contribution is -2.25. The van der Waals surface area contributed by atoms with Crippen molar-refractivity contribution in [1.29, 1.82) is 0 Å². The van der Waals surface area contributed by atoms with Crippen LogP contribution in [0, 0.1) is 0 Å². The maximum Gasteiger partial charge on any atom is 0.433 e. The van der Waals surface area contributed by atoms with Crippen molar-refractivity contribution in [3.8, 4) is 11.4 Å². The maximum atomic E-state index is 13.3. The molecule has 4 aromatic heterocycles. The molecule has 0 saturated carbocycles. The predicted molar refractivity (Wildman–Crippen MR) is 103 cm³/mol. The Bertz CT molecular complexity index is 1290. The van der Waals surface area contributed by atoms with Crippen LogP contribution in [0.15, 0.2) is 35.5 Å². The topological polar surface area (TPSA) is 94.3 Å². The minimum atomic E-state index is -4.53. The molecule has 4 rings (SSSR count). The molecule has 0 radical (unpaired) electrons. The SMILES string of the molecule is CCCn1c(CF)nc2nc(-c3cnn(Cc4ccnc(C(F)(F)F)c4)c3)[nH]c2c1=O. The number of aromatic amines is 1. The van der Waals surface area contributed by atoms with Crippen molar-refractivity contribution in [2.45, 2.75) is 39.3 Å². The van der Waals surface area contributed by atoms with Crippen LogP contribution < -0.4 is 5.56 Å². The van der Waals surface area contributed by atoms with Gasteiger partial charge in [0.05, 0.1) is 18.3 Å². The van der Waals surface area contributed by atoms with Crippen LogP contribution in [0.5, 0.6) is 0 Å². The monoisotopic (exact) mass is 435 g/mol. The largest absolute Gasteiger partial charge is 0.433 e. The van der Waals surface area contributed by atoms with E-state index in [1.807, 2.05) is 6.92 Å². The number of hydrogen-bond acceptors (Lipinski definition) is 5. The van der Waals surface area contributed by atoms with Gasteiger partial charge in [0.1, 0.15) is 24.0 Å². The van der Waals surface area contributed by atoms with E-state index in [1.165, 1.54) is 21.5 Å². The van der Waals surface area contributed by atoms with Crippen LogP contribution in [-0.2, 0) is 25.9 Å². The fourth-order valence-corrected chi connectivity index (χ4v) is 3.21. The van der Waals surface area contributed by atoms with E-state index in [4.69, 9.17) is 0 Å². The molecule has 0 bridgehead atoms. The van der Waals surface area contributed by atoms with Crippen LogP contribution in [0.2, 0.25) is 0 Å². The van der Waals surface area contributed by atoms with Gasteiger partial charge in [-0.1, -0.05) is 6.92 Å². The molecule has 0 amide bonds. The second-order valence-corrected chi connectivity index (χ2v) is 6.88. The van der Waals surface area contributed by atoms with E-state index < -0.39 is 24.1 Å². The Balaban J connectivity index is 1.65. The molecular weight excluding hydrogens is 418 g/mol. The van der Waals surface area contributed by atoms with Gasteiger partial charge in [-0.05, 0) is 24.1 Å². The Morgan fingerprint density at radius 1 is 1.23 bits per heavy atom. The zero-order valence-corrected chi connectivity index (χ0v) is 16.3. The van der Waals surface area contributed by atoms with Gasteiger partial charge in [0.15, 0.2) is 11.2 Å². The molecule has 0 aliphatic heterocycles.